The van der Waals surface area contributed by atoms with Crippen molar-refractivity contribution in [3.8, 4) is 5.75 Å². The zero-order chi connectivity index (χ0) is 19.4. The summed E-state index contributed by atoms with van der Waals surface area (Å²) in [5, 5.41) is 9.34. The molecule has 1 aromatic carbocycles. The fourth-order valence-electron chi connectivity index (χ4n) is 3.16. The number of amides is 1. The summed E-state index contributed by atoms with van der Waals surface area (Å²) in [5.41, 5.74) is 3.05. The summed E-state index contributed by atoms with van der Waals surface area (Å²) in [6, 6.07) is 6.29. The second kappa shape index (κ2) is 8.18. The van der Waals surface area contributed by atoms with Crippen LogP contribution in [-0.4, -0.2) is 52.7 Å². The fraction of sp³-hybridized carbons (Fsp3) is 0.350. The first kappa shape index (κ1) is 18.8. The lowest BCUT2D eigenvalue weighted by Gasteiger charge is -2.33. The molecule has 1 fully saturated rings. The number of aryl methyl sites for hydroxylation is 2. The van der Waals surface area contributed by atoms with Crippen molar-refractivity contribution >= 4 is 11.9 Å². The standard InChI is InChI=1S/C20H22N2O5/c1-13-8-16(19(23)22-6-7-26-12-17(22)20(24)25)9-14(2)18(13)27-11-15-4-3-5-21-10-15/h3-5,8-10,17H,6-7,11-12H2,1-2H3,(H,24,25). The van der Waals surface area contributed by atoms with Crippen LogP contribution in [0.4, 0.5) is 0 Å². The molecule has 1 aliphatic rings. The van der Waals surface area contributed by atoms with E-state index in [1.54, 1.807) is 24.5 Å². The van der Waals surface area contributed by atoms with Gasteiger partial charge in [-0.05, 0) is 43.2 Å². The minimum Gasteiger partial charge on any atom is -0.488 e. The minimum atomic E-state index is -1.06. The first-order valence-electron chi connectivity index (χ1n) is 8.72. The number of hydrogen-bond donors (Lipinski definition) is 1. The van der Waals surface area contributed by atoms with E-state index in [0.29, 0.717) is 24.5 Å². The number of nitrogens with zero attached hydrogens (tertiary/aromatic N) is 2. The van der Waals surface area contributed by atoms with E-state index >= 15 is 0 Å². The zero-order valence-corrected chi connectivity index (χ0v) is 15.3. The second-order valence-corrected chi connectivity index (χ2v) is 6.52. The molecule has 7 nitrogen and oxygen atoms in total. The molecule has 0 spiro atoms. The van der Waals surface area contributed by atoms with Crippen LogP contribution in [0.15, 0.2) is 36.7 Å². The summed E-state index contributed by atoms with van der Waals surface area (Å²) in [4.78, 5) is 29.7. The molecular weight excluding hydrogens is 348 g/mol. The molecule has 0 radical (unpaired) electrons. The van der Waals surface area contributed by atoms with Crippen LogP contribution in [0.25, 0.3) is 0 Å². The number of rotatable bonds is 5. The van der Waals surface area contributed by atoms with E-state index < -0.39 is 12.0 Å². The third-order valence-electron chi connectivity index (χ3n) is 4.49. The topological polar surface area (TPSA) is 89.0 Å². The number of carbonyl (C=O) groups excluding carboxylic acids is 1. The second-order valence-electron chi connectivity index (χ2n) is 6.52. The summed E-state index contributed by atoms with van der Waals surface area (Å²) in [6.45, 7) is 4.72. The summed E-state index contributed by atoms with van der Waals surface area (Å²) < 4.78 is 11.1. The van der Waals surface area contributed by atoms with Crippen molar-refractivity contribution in [2.45, 2.75) is 26.5 Å². The smallest absolute Gasteiger partial charge is 0.328 e. The Morgan fingerprint density at radius 3 is 2.70 bits per heavy atom. The van der Waals surface area contributed by atoms with Crippen LogP contribution in [-0.2, 0) is 16.1 Å². The van der Waals surface area contributed by atoms with Crippen molar-refractivity contribution in [3.63, 3.8) is 0 Å². The van der Waals surface area contributed by atoms with Gasteiger partial charge in [-0.2, -0.15) is 0 Å². The van der Waals surface area contributed by atoms with Crippen LogP contribution < -0.4 is 4.74 Å². The molecule has 1 aliphatic heterocycles. The van der Waals surface area contributed by atoms with Crippen molar-refractivity contribution in [1.29, 1.82) is 0 Å². The van der Waals surface area contributed by atoms with Crippen LogP contribution in [0, 0.1) is 13.8 Å². The molecule has 1 amide bonds. The van der Waals surface area contributed by atoms with E-state index in [9.17, 15) is 14.7 Å². The van der Waals surface area contributed by atoms with E-state index in [1.807, 2.05) is 26.0 Å². The van der Waals surface area contributed by atoms with E-state index in [4.69, 9.17) is 9.47 Å². The number of aromatic nitrogens is 1. The quantitative estimate of drug-likeness (QED) is 0.868. The molecular formula is C20H22N2O5. The van der Waals surface area contributed by atoms with Crippen molar-refractivity contribution in [3.05, 3.63) is 58.9 Å². The van der Waals surface area contributed by atoms with Gasteiger partial charge in [0.1, 0.15) is 12.4 Å². The van der Waals surface area contributed by atoms with Gasteiger partial charge < -0.3 is 19.5 Å². The van der Waals surface area contributed by atoms with Crippen LogP contribution >= 0.6 is 0 Å². The highest BCUT2D eigenvalue weighted by Gasteiger charge is 2.33. The first-order valence-corrected chi connectivity index (χ1v) is 8.72. The van der Waals surface area contributed by atoms with Crippen molar-refractivity contribution in [2.75, 3.05) is 19.8 Å². The number of pyridine rings is 1. The molecule has 2 aromatic rings. The molecule has 0 aliphatic carbocycles. The number of benzene rings is 1. The van der Waals surface area contributed by atoms with Gasteiger partial charge in [0.15, 0.2) is 6.04 Å². The highest BCUT2D eigenvalue weighted by molar-refractivity contribution is 5.97. The zero-order valence-electron chi connectivity index (χ0n) is 15.3. The van der Waals surface area contributed by atoms with Crippen molar-refractivity contribution in [2.24, 2.45) is 0 Å². The van der Waals surface area contributed by atoms with Crippen LogP contribution in [0.1, 0.15) is 27.0 Å². The molecule has 1 unspecified atom stereocenters. The Morgan fingerprint density at radius 2 is 2.07 bits per heavy atom. The average molecular weight is 370 g/mol. The third kappa shape index (κ3) is 4.25. The molecule has 1 aromatic heterocycles. The number of hydrogen-bond acceptors (Lipinski definition) is 5. The van der Waals surface area contributed by atoms with Gasteiger partial charge >= 0.3 is 5.97 Å². The van der Waals surface area contributed by atoms with E-state index in [1.165, 1.54) is 4.90 Å². The molecule has 0 bridgehead atoms. The normalized spacial score (nSPS) is 16.8. The summed E-state index contributed by atoms with van der Waals surface area (Å²) in [7, 11) is 0. The first-order chi connectivity index (χ1) is 13.0. The minimum absolute atomic E-state index is 0.00530. The average Bonchev–Trinajstić information content (AvgIpc) is 2.67. The third-order valence-corrected chi connectivity index (χ3v) is 4.49. The van der Waals surface area contributed by atoms with Crippen LogP contribution in [0.3, 0.4) is 0 Å². The lowest BCUT2D eigenvalue weighted by Crippen LogP contribution is -2.52. The van der Waals surface area contributed by atoms with E-state index in [-0.39, 0.29) is 19.1 Å². The predicted molar refractivity (Wildman–Crippen MR) is 97.8 cm³/mol. The number of carbonyl (C=O) groups is 2. The number of aliphatic carboxylic acids is 1. The van der Waals surface area contributed by atoms with Gasteiger partial charge in [-0.3, -0.25) is 9.78 Å². The summed E-state index contributed by atoms with van der Waals surface area (Å²) >= 11 is 0. The Bertz CT molecular complexity index is 815. The molecule has 27 heavy (non-hydrogen) atoms. The highest BCUT2D eigenvalue weighted by atomic mass is 16.5. The fourth-order valence-corrected chi connectivity index (χ4v) is 3.16. The number of carboxylic acids is 1. The molecule has 142 valence electrons. The van der Waals surface area contributed by atoms with Gasteiger partial charge in [0.05, 0.1) is 13.2 Å². The van der Waals surface area contributed by atoms with Gasteiger partial charge in [-0.15, -0.1) is 0 Å². The SMILES string of the molecule is Cc1cc(C(=O)N2CCOCC2C(=O)O)cc(C)c1OCc1cccnc1. The number of carboxylic acid groups (broad SMARTS) is 1. The summed E-state index contributed by atoms with van der Waals surface area (Å²) in [5.74, 6) is -0.657. The molecule has 1 saturated heterocycles. The van der Waals surface area contributed by atoms with Gasteiger partial charge in [-0.1, -0.05) is 6.07 Å². The lowest BCUT2D eigenvalue weighted by molar-refractivity contribution is -0.147. The maximum Gasteiger partial charge on any atom is 0.328 e. The largest absolute Gasteiger partial charge is 0.488 e. The molecule has 1 atom stereocenters. The molecule has 3 rings (SSSR count). The maximum absolute atomic E-state index is 12.9. The van der Waals surface area contributed by atoms with Gasteiger partial charge in [-0.25, -0.2) is 4.79 Å². The van der Waals surface area contributed by atoms with Gasteiger partial charge in [0.25, 0.3) is 5.91 Å². The van der Waals surface area contributed by atoms with E-state index in [2.05, 4.69) is 4.98 Å². The van der Waals surface area contributed by atoms with Crippen LogP contribution in [0.5, 0.6) is 5.75 Å². The van der Waals surface area contributed by atoms with Gasteiger partial charge in [0, 0.05) is 30.1 Å². The van der Waals surface area contributed by atoms with E-state index in [0.717, 1.165) is 16.7 Å². The van der Waals surface area contributed by atoms with Crippen LogP contribution in [0.2, 0.25) is 0 Å². The molecule has 0 saturated carbocycles. The maximum atomic E-state index is 12.9. The van der Waals surface area contributed by atoms with Crippen molar-refractivity contribution < 1.29 is 24.2 Å². The highest BCUT2D eigenvalue weighted by Crippen LogP contribution is 2.27. The Labute approximate surface area is 157 Å². The monoisotopic (exact) mass is 370 g/mol. The van der Waals surface area contributed by atoms with Gasteiger partial charge in [0.2, 0.25) is 0 Å². The Balaban J connectivity index is 1.79. The number of morpholine rings is 1. The summed E-state index contributed by atoms with van der Waals surface area (Å²) in [6.07, 6.45) is 3.45. The van der Waals surface area contributed by atoms with Crippen molar-refractivity contribution in [1.82, 2.24) is 9.88 Å². The predicted octanol–water partition coefficient (Wildman–Crippen LogP) is 2.20. The Morgan fingerprint density at radius 1 is 1.33 bits per heavy atom. The number of ether oxygens (including phenoxy) is 2. The molecule has 7 heteroatoms. The molecule has 1 N–H and O–H groups in total. The Kier molecular flexibility index (Phi) is 5.71. The molecule has 2 heterocycles. The lowest BCUT2D eigenvalue weighted by atomic mass is 10.0. The Hall–Kier alpha value is -2.93.